The summed E-state index contributed by atoms with van der Waals surface area (Å²) in [5.41, 5.74) is 5.03. The Bertz CT molecular complexity index is 660. The molecule has 21 heavy (non-hydrogen) atoms. The van der Waals surface area contributed by atoms with Gasteiger partial charge in [0.1, 0.15) is 0 Å². The zero-order chi connectivity index (χ0) is 15.5. The van der Waals surface area contributed by atoms with E-state index >= 15 is 0 Å². The fourth-order valence-corrected chi connectivity index (χ4v) is 4.44. The Labute approximate surface area is 131 Å². The Morgan fingerprint density at radius 3 is 2.67 bits per heavy atom. The number of rotatable bonds is 3. The first-order valence-corrected chi connectivity index (χ1v) is 9.02. The minimum Gasteiger partial charge on any atom is -0.273 e. The van der Waals surface area contributed by atoms with Gasteiger partial charge in [0, 0.05) is 16.5 Å². The highest BCUT2D eigenvalue weighted by Gasteiger charge is 2.29. The molecule has 0 aliphatic carbocycles. The van der Waals surface area contributed by atoms with Gasteiger partial charge in [-0.15, -0.1) is 0 Å². The maximum Gasteiger partial charge on any atom is 0.269 e. The molecule has 1 aliphatic rings. The van der Waals surface area contributed by atoms with E-state index in [1.54, 1.807) is 24.3 Å². The third kappa shape index (κ3) is 4.82. The summed E-state index contributed by atoms with van der Waals surface area (Å²) in [6.07, 6.45) is 0.591. The molecular weight excluding hydrogens is 360 g/mol. The molecule has 114 valence electrons. The van der Waals surface area contributed by atoms with Gasteiger partial charge in [-0.05, 0) is 30.5 Å². The summed E-state index contributed by atoms with van der Waals surface area (Å²) in [6, 6.07) is 6.75. The number of hydrazine groups is 1. The van der Waals surface area contributed by atoms with Gasteiger partial charge in [-0.1, -0.05) is 22.0 Å². The Balaban J connectivity index is 1.80. The first-order chi connectivity index (χ1) is 9.85. The molecular formula is C13H15BrN2O4S. The summed E-state index contributed by atoms with van der Waals surface area (Å²) in [5, 5.41) is 0. The first kappa shape index (κ1) is 16.0. The van der Waals surface area contributed by atoms with Crippen LogP contribution in [0.4, 0.5) is 0 Å². The average Bonchev–Trinajstić information content (AvgIpc) is 2.75. The van der Waals surface area contributed by atoms with Crippen molar-refractivity contribution < 1.29 is 18.0 Å². The highest BCUT2D eigenvalue weighted by molar-refractivity contribution is 9.10. The normalized spacial score (nSPS) is 20.0. The van der Waals surface area contributed by atoms with Crippen LogP contribution in [-0.2, 0) is 14.6 Å². The molecule has 1 aromatic rings. The van der Waals surface area contributed by atoms with E-state index in [1.807, 2.05) is 0 Å². The summed E-state index contributed by atoms with van der Waals surface area (Å²) in [4.78, 5) is 23.5. The largest absolute Gasteiger partial charge is 0.273 e. The lowest BCUT2D eigenvalue weighted by atomic mass is 10.1. The third-order valence-corrected chi connectivity index (χ3v) is 5.53. The molecule has 0 bridgehead atoms. The Morgan fingerprint density at radius 1 is 1.29 bits per heavy atom. The van der Waals surface area contributed by atoms with Gasteiger partial charge in [0.2, 0.25) is 5.91 Å². The smallest absolute Gasteiger partial charge is 0.269 e. The molecule has 2 amide bonds. The van der Waals surface area contributed by atoms with Crippen LogP contribution in [0.5, 0.6) is 0 Å². The van der Waals surface area contributed by atoms with Gasteiger partial charge in [-0.25, -0.2) is 8.42 Å². The van der Waals surface area contributed by atoms with E-state index in [0.29, 0.717) is 12.0 Å². The lowest BCUT2D eigenvalue weighted by Crippen LogP contribution is -2.42. The number of benzene rings is 1. The molecule has 1 fully saturated rings. The van der Waals surface area contributed by atoms with Crippen LogP contribution in [0.25, 0.3) is 0 Å². The fourth-order valence-electron chi connectivity index (χ4n) is 2.17. The number of nitrogens with one attached hydrogen (secondary N) is 2. The maximum absolute atomic E-state index is 11.8. The first-order valence-electron chi connectivity index (χ1n) is 6.41. The minimum absolute atomic E-state index is 0.0417. The average molecular weight is 375 g/mol. The number of sulfone groups is 1. The van der Waals surface area contributed by atoms with Crippen LogP contribution in [0.15, 0.2) is 28.7 Å². The molecule has 1 heterocycles. The van der Waals surface area contributed by atoms with E-state index in [-0.39, 0.29) is 29.8 Å². The Kier molecular flexibility index (Phi) is 5.00. The van der Waals surface area contributed by atoms with Crippen molar-refractivity contribution in [2.24, 2.45) is 5.92 Å². The number of carbonyl (C=O) groups excluding carboxylic acids is 2. The second kappa shape index (κ2) is 6.57. The molecule has 1 atom stereocenters. The molecule has 2 rings (SSSR count). The molecule has 0 radical (unpaired) electrons. The van der Waals surface area contributed by atoms with E-state index < -0.39 is 15.7 Å². The zero-order valence-electron chi connectivity index (χ0n) is 11.1. The Hall–Kier alpha value is -1.41. The number of amides is 2. The summed E-state index contributed by atoms with van der Waals surface area (Å²) in [6.45, 7) is 0. The predicted molar refractivity (Wildman–Crippen MR) is 81.1 cm³/mol. The van der Waals surface area contributed by atoms with Crippen LogP contribution in [0.3, 0.4) is 0 Å². The monoisotopic (exact) mass is 374 g/mol. The molecule has 0 spiro atoms. The van der Waals surface area contributed by atoms with Crippen LogP contribution in [0.2, 0.25) is 0 Å². The highest BCUT2D eigenvalue weighted by Crippen LogP contribution is 2.21. The van der Waals surface area contributed by atoms with Gasteiger partial charge < -0.3 is 0 Å². The molecule has 6 nitrogen and oxygen atoms in total. The SMILES string of the molecule is O=C(C[C@@H]1CCS(=O)(=O)C1)NNC(=O)c1cccc(Br)c1. The van der Waals surface area contributed by atoms with E-state index in [4.69, 9.17) is 0 Å². The fraction of sp³-hybridized carbons (Fsp3) is 0.385. The van der Waals surface area contributed by atoms with E-state index in [9.17, 15) is 18.0 Å². The van der Waals surface area contributed by atoms with Crippen LogP contribution in [0, 0.1) is 5.92 Å². The van der Waals surface area contributed by atoms with Crippen LogP contribution >= 0.6 is 15.9 Å². The van der Waals surface area contributed by atoms with Crippen molar-refractivity contribution in [3.05, 3.63) is 34.3 Å². The third-order valence-electron chi connectivity index (χ3n) is 3.20. The highest BCUT2D eigenvalue weighted by atomic mass is 79.9. The topological polar surface area (TPSA) is 92.3 Å². The van der Waals surface area contributed by atoms with Crippen LogP contribution in [-0.4, -0.2) is 31.7 Å². The van der Waals surface area contributed by atoms with Crippen LogP contribution < -0.4 is 10.9 Å². The van der Waals surface area contributed by atoms with Crippen molar-refractivity contribution in [3.63, 3.8) is 0 Å². The molecule has 2 N–H and O–H groups in total. The van der Waals surface area contributed by atoms with Crippen molar-refractivity contribution in [1.29, 1.82) is 0 Å². The predicted octanol–water partition coefficient (Wildman–Crippen LogP) is 1.03. The quantitative estimate of drug-likeness (QED) is 0.772. The number of hydrogen-bond acceptors (Lipinski definition) is 4. The second-order valence-electron chi connectivity index (χ2n) is 4.99. The van der Waals surface area contributed by atoms with Gasteiger partial charge in [0.15, 0.2) is 9.84 Å². The molecule has 1 aliphatic heterocycles. The lowest BCUT2D eigenvalue weighted by molar-refractivity contribution is -0.122. The van der Waals surface area contributed by atoms with E-state index in [0.717, 1.165) is 4.47 Å². The summed E-state index contributed by atoms with van der Waals surface area (Å²) in [7, 11) is -2.99. The zero-order valence-corrected chi connectivity index (χ0v) is 13.5. The van der Waals surface area contributed by atoms with Crippen molar-refractivity contribution in [2.45, 2.75) is 12.8 Å². The second-order valence-corrected chi connectivity index (χ2v) is 8.13. The van der Waals surface area contributed by atoms with E-state index in [1.165, 1.54) is 0 Å². The summed E-state index contributed by atoms with van der Waals surface area (Å²) in [5.74, 6) is -0.808. The number of hydrogen-bond donors (Lipinski definition) is 2. The Morgan fingerprint density at radius 2 is 2.05 bits per heavy atom. The van der Waals surface area contributed by atoms with Gasteiger partial charge >= 0.3 is 0 Å². The number of carbonyl (C=O) groups is 2. The summed E-state index contributed by atoms with van der Waals surface area (Å²) >= 11 is 3.26. The lowest BCUT2D eigenvalue weighted by Gasteiger charge is -2.10. The molecule has 1 aromatic carbocycles. The molecule has 8 heteroatoms. The van der Waals surface area contributed by atoms with Gasteiger partial charge in [-0.3, -0.25) is 20.4 Å². The molecule has 1 saturated heterocycles. The van der Waals surface area contributed by atoms with Crippen molar-refractivity contribution >= 4 is 37.6 Å². The van der Waals surface area contributed by atoms with Crippen molar-refractivity contribution in [2.75, 3.05) is 11.5 Å². The standard InChI is InChI=1S/C13H15BrN2O4S/c14-11-3-1-2-10(7-11)13(18)16-15-12(17)6-9-4-5-21(19,20)8-9/h1-3,7,9H,4-6,8H2,(H,15,17)(H,16,18)/t9-/m0/s1. The van der Waals surface area contributed by atoms with Crippen molar-refractivity contribution in [3.8, 4) is 0 Å². The van der Waals surface area contributed by atoms with Crippen molar-refractivity contribution in [1.82, 2.24) is 10.9 Å². The number of halogens is 1. The maximum atomic E-state index is 11.8. The van der Waals surface area contributed by atoms with Gasteiger partial charge in [0.25, 0.3) is 5.91 Å². The summed E-state index contributed by atoms with van der Waals surface area (Å²) < 4.78 is 23.4. The van der Waals surface area contributed by atoms with Gasteiger partial charge in [-0.2, -0.15) is 0 Å². The molecule has 0 saturated carbocycles. The van der Waals surface area contributed by atoms with Crippen LogP contribution in [0.1, 0.15) is 23.2 Å². The molecule has 0 unspecified atom stereocenters. The van der Waals surface area contributed by atoms with E-state index in [2.05, 4.69) is 26.8 Å². The molecule has 0 aromatic heterocycles. The van der Waals surface area contributed by atoms with Gasteiger partial charge in [0.05, 0.1) is 11.5 Å². The minimum atomic E-state index is -2.99.